The van der Waals surface area contributed by atoms with Crippen molar-refractivity contribution in [3.8, 4) is 0 Å². The fourth-order valence-electron chi connectivity index (χ4n) is 6.64. The first-order chi connectivity index (χ1) is 36.1. The molecule has 1 aromatic heterocycles. The first-order valence-electron chi connectivity index (χ1n) is 25.6. The lowest BCUT2D eigenvalue weighted by atomic mass is 10.1. The normalized spacial score (nSPS) is 20.2. The molecule has 19 nitrogen and oxygen atoms in total. The van der Waals surface area contributed by atoms with E-state index in [4.69, 9.17) is 29.0 Å². The third-order valence-electron chi connectivity index (χ3n) is 10.6. The number of aliphatic hydroxyl groups is 3. The number of anilines is 1. The first-order valence-corrected chi connectivity index (χ1v) is 28.6. The molecule has 1 aliphatic heterocycles. The van der Waals surface area contributed by atoms with E-state index in [1.807, 2.05) is 60.8 Å². The van der Waals surface area contributed by atoms with Gasteiger partial charge in [0.1, 0.15) is 30.7 Å². The smallest absolute Gasteiger partial charge is 0.462 e. The van der Waals surface area contributed by atoms with E-state index in [9.17, 15) is 48.6 Å². The van der Waals surface area contributed by atoms with E-state index < -0.39 is 89.8 Å². The van der Waals surface area contributed by atoms with Gasteiger partial charge in [-0.2, -0.15) is 9.29 Å². The van der Waals surface area contributed by atoms with Gasteiger partial charge in [-0.15, -0.1) is 0 Å². The summed E-state index contributed by atoms with van der Waals surface area (Å²) in [6.07, 6.45) is 44.9. The van der Waals surface area contributed by atoms with E-state index in [-0.39, 0.29) is 25.1 Å². The number of hydrogen-bond donors (Lipinski definition) is 6. The van der Waals surface area contributed by atoms with Crippen LogP contribution in [-0.4, -0.2) is 96.9 Å². The van der Waals surface area contributed by atoms with Crippen molar-refractivity contribution in [2.75, 3.05) is 25.6 Å². The molecule has 8 atom stereocenters. The van der Waals surface area contributed by atoms with E-state index in [0.717, 1.165) is 75.0 Å². The highest BCUT2D eigenvalue weighted by Gasteiger charge is 2.46. The van der Waals surface area contributed by atoms with E-state index >= 15 is 0 Å². The van der Waals surface area contributed by atoms with Crippen LogP contribution in [0.25, 0.3) is 0 Å². The summed E-state index contributed by atoms with van der Waals surface area (Å²) >= 11 is 0. The lowest BCUT2D eigenvalue weighted by molar-refractivity contribution is -0.161. The fraction of sp³-hybridized carbons (Fsp3) is 0.519. The van der Waals surface area contributed by atoms with E-state index in [1.54, 1.807) is 6.08 Å². The zero-order chi connectivity index (χ0) is 55.0. The molecule has 0 bridgehead atoms. The molecule has 0 radical (unpaired) electrons. The van der Waals surface area contributed by atoms with Crippen molar-refractivity contribution in [2.45, 2.75) is 160 Å². The summed E-state index contributed by atoms with van der Waals surface area (Å²) in [7, 11) is -10.9. The molecule has 1 aromatic rings. The second-order valence-electron chi connectivity index (χ2n) is 17.1. The highest BCUT2D eigenvalue weighted by atomic mass is 31.3. The van der Waals surface area contributed by atoms with Gasteiger partial charge < -0.3 is 45.1 Å². The Morgan fingerprint density at radius 2 is 1.23 bits per heavy atom. The summed E-state index contributed by atoms with van der Waals surface area (Å²) in [5.41, 5.74) is 4.57. The van der Waals surface area contributed by atoms with Crippen molar-refractivity contribution in [2.24, 2.45) is 0 Å². The number of esters is 2. The Morgan fingerprint density at radius 1 is 0.707 bits per heavy atom. The molecular formula is C54H81N3O16P2. The zero-order valence-corrected chi connectivity index (χ0v) is 45.2. The van der Waals surface area contributed by atoms with E-state index in [0.29, 0.717) is 25.7 Å². The number of aromatic nitrogens is 2. The Kier molecular flexibility index (Phi) is 35.7. The molecule has 0 aliphatic carbocycles. The molecule has 0 amide bonds. The Balaban J connectivity index is 1.87. The molecule has 2 unspecified atom stereocenters. The van der Waals surface area contributed by atoms with Crippen molar-refractivity contribution < 1.29 is 71.4 Å². The molecule has 0 aromatic carbocycles. The van der Waals surface area contributed by atoms with Gasteiger partial charge in [-0.3, -0.25) is 23.2 Å². The maximum Gasteiger partial charge on any atom is 0.481 e. The second kappa shape index (κ2) is 40.4. The Labute approximate surface area is 442 Å². The second-order valence-corrected chi connectivity index (χ2v) is 20.1. The number of phosphoric ester groups is 2. The van der Waals surface area contributed by atoms with Crippen molar-refractivity contribution >= 4 is 33.4 Å². The van der Waals surface area contributed by atoms with Gasteiger partial charge in [0.2, 0.25) is 0 Å². The molecule has 2 heterocycles. The minimum absolute atomic E-state index is 0.0106. The molecule has 7 N–H and O–H groups in total. The van der Waals surface area contributed by atoms with Gasteiger partial charge in [0.15, 0.2) is 12.3 Å². The molecule has 75 heavy (non-hydrogen) atoms. The maximum absolute atomic E-state index is 12.9. The van der Waals surface area contributed by atoms with Crippen LogP contribution in [0.15, 0.2) is 139 Å². The van der Waals surface area contributed by atoms with Gasteiger partial charge in [-0.05, 0) is 89.5 Å². The summed E-state index contributed by atoms with van der Waals surface area (Å²) in [6, 6.07) is 1.23. The largest absolute Gasteiger partial charge is 0.481 e. The SMILES string of the molecule is CC/C=C\C/C=C\C/C=C\C/C=C\C/C=C\C/C=C\CCC(=O)O[C@H](COC(=O)CCC/C=C\C/C=C\C/C=C\C/C=C\[C@@H](O)CCCC)COP(=O)(O)OP(=O)(O)OC[C@H]1O[C@@H](n2ccc(N)nc2=O)[C@H](O)[C@@H]1O. The van der Waals surface area contributed by atoms with Crippen LogP contribution in [0.3, 0.4) is 0 Å². The number of nitrogen functional groups attached to an aromatic ring is 1. The molecule has 418 valence electrons. The topological polar surface area (TPSA) is 286 Å². The average molecular weight is 1090 g/mol. The van der Waals surface area contributed by atoms with Gasteiger partial charge >= 0.3 is 33.3 Å². The zero-order valence-electron chi connectivity index (χ0n) is 43.4. The van der Waals surface area contributed by atoms with Crippen LogP contribution < -0.4 is 11.4 Å². The van der Waals surface area contributed by atoms with Crippen LogP contribution in [0.1, 0.15) is 129 Å². The summed E-state index contributed by atoms with van der Waals surface area (Å²) in [5, 5.41) is 30.8. The Morgan fingerprint density at radius 3 is 1.77 bits per heavy atom. The van der Waals surface area contributed by atoms with Crippen LogP contribution >= 0.6 is 15.6 Å². The fourth-order valence-corrected chi connectivity index (χ4v) is 8.75. The van der Waals surface area contributed by atoms with Gasteiger partial charge in [-0.25, -0.2) is 13.9 Å². The number of carbonyl (C=O) groups excluding carboxylic acids is 2. The first kappa shape index (κ1) is 66.2. The number of allylic oxidation sites excluding steroid dienone is 19. The van der Waals surface area contributed by atoms with Crippen LogP contribution in [0.4, 0.5) is 5.82 Å². The van der Waals surface area contributed by atoms with E-state index in [2.05, 4.69) is 77.8 Å². The number of nitrogens with zero attached hydrogens (tertiary/aromatic N) is 2. The minimum atomic E-state index is -5.47. The number of nitrogens with two attached hydrogens (primary N) is 1. The lowest BCUT2D eigenvalue weighted by Gasteiger charge is -2.21. The third-order valence-corrected chi connectivity index (χ3v) is 13.2. The third kappa shape index (κ3) is 33.0. The van der Waals surface area contributed by atoms with Crippen LogP contribution in [-0.2, 0) is 46.3 Å². The predicted molar refractivity (Wildman–Crippen MR) is 290 cm³/mol. The van der Waals surface area contributed by atoms with Gasteiger partial charge in [0.05, 0.1) is 19.3 Å². The van der Waals surface area contributed by atoms with Crippen LogP contribution in [0.5, 0.6) is 0 Å². The Hall–Kier alpha value is -4.88. The van der Waals surface area contributed by atoms with Crippen LogP contribution in [0.2, 0.25) is 0 Å². The monoisotopic (exact) mass is 1090 g/mol. The number of rotatable bonds is 40. The maximum atomic E-state index is 12.9. The molecule has 0 saturated carbocycles. The van der Waals surface area contributed by atoms with Crippen molar-refractivity contribution in [3.05, 3.63) is 144 Å². The molecule has 1 aliphatic rings. The molecule has 1 fully saturated rings. The highest BCUT2D eigenvalue weighted by Crippen LogP contribution is 2.60. The molecule has 21 heteroatoms. The minimum Gasteiger partial charge on any atom is -0.462 e. The summed E-state index contributed by atoms with van der Waals surface area (Å²) in [4.78, 5) is 61.9. The van der Waals surface area contributed by atoms with Crippen molar-refractivity contribution in [1.82, 2.24) is 9.55 Å². The average Bonchev–Trinajstić information content (AvgIpc) is 3.65. The number of aliphatic hydroxyl groups excluding tert-OH is 3. The predicted octanol–water partition coefficient (Wildman–Crippen LogP) is 9.74. The number of ether oxygens (including phenoxy) is 3. The lowest BCUT2D eigenvalue weighted by Crippen LogP contribution is -2.36. The van der Waals surface area contributed by atoms with Crippen LogP contribution in [0, 0.1) is 0 Å². The van der Waals surface area contributed by atoms with Gasteiger partial charge in [0, 0.05) is 19.0 Å². The van der Waals surface area contributed by atoms with Crippen molar-refractivity contribution in [3.63, 3.8) is 0 Å². The van der Waals surface area contributed by atoms with Crippen molar-refractivity contribution in [1.29, 1.82) is 0 Å². The summed E-state index contributed by atoms with van der Waals surface area (Å²) in [5.74, 6) is -1.51. The summed E-state index contributed by atoms with van der Waals surface area (Å²) in [6.45, 7) is 1.74. The quantitative estimate of drug-likeness (QED) is 0.0154. The summed E-state index contributed by atoms with van der Waals surface area (Å²) < 4.78 is 56.6. The Bertz CT molecular complexity index is 2250. The molecule has 1 saturated heterocycles. The van der Waals surface area contributed by atoms with Gasteiger partial charge in [0.25, 0.3) is 0 Å². The standard InChI is InChI=1S/C54H81N3O16P2/c1-3-5-7-8-9-10-11-12-13-14-15-16-17-18-23-26-29-32-35-39-50(60)71-46(42-68-49(59)38-34-31-28-25-22-20-19-21-24-27-30-33-37-45(58)36-6-4-2)43-69-74(64,65)73-75(66,67)70-44-47-51(61)52(62)53(72-47)57-41-40-48(55)56-54(57)63/h5,7,9-10,12-13,15-16,18-20,23-25,27-29,32-33,37,40-41,45-47,51-53,58,61-62H,3-4,6,8,11,14,17,21-22,26,30-31,34-36,38-39,42-44H2,1-2H3,(H,64,65)(H,66,67)(H2,55,56,63)/b7-5-,10-9-,13-12-,16-15-,20-19-,23-18-,27-24-,28-25-,32-29-,37-33-/t45-,46+,47+,51+,52+,53+/m0/s1. The van der Waals surface area contributed by atoms with Gasteiger partial charge in [-0.1, -0.05) is 148 Å². The molecular weight excluding hydrogens is 1010 g/mol. The number of phosphoric acid groups is 2. The molecule has 0 spiro atoms. The molecule has 2 rings (SSSR count). The van der Waals surface area contributed by atoms with E-state index in [1.165, 1.54) is 6.07 Å². The number of unbranched alkanes of at least 4 members (excludes halogenated alkanes) is 2. The number of carbonyl (C=O) groups is 2. The number of hydrogen-bond acceptors (Lipinski definition) is 16. The highest BCUT2D eigenvalue weighted by molar-refractivity contribution is 7.61.